The van der Waals surface area contributed by atoms with Crippen molar-refractivity contribution in [3.63, 3.8) is 0 Å². The first kappa shape index (κ1) is 12.7. The molecule has 1 fully saturated rings. The summed E-state index contributed by atoms with van der Waals surface area (Å²) >= 11 is 5.97. The van der Waals surface area contributed by atoms with Gasteiger partial charge in [-0.25, -0.2) is 0 Å². The van der Waals surface area contributed by atoms with E-state index < -0.39 is 5.60 Å². The van der Waals surface area contributed by atoms with Crippen LogP contribution >= 0.6 is 11.6 Å². The standard InChI is InChI=1S/C13H17ClO3/c1-16-12-4-3-11(14)7-10(12)8-13(15)5-2-6-17-9-13/h3-4,7,15H,2,5-6,8-9H2,1H3. The van der Waals surface area contributed by atoms with Crippen LogP contribution in [0.5, 0.6) is 5.75 Å². The maximum atomic E-state index is 10.4. The Balaban J connectivity index is 2.19. The van der Waals surface area contributed by atoms with Crippen molar-refractivity contribution in [3.05, 3.63) is 28.8 Å². The number of benzene rings is 1. The molecule has 3 nitrogen and oxygen atoms in total. The van der Waals surface area contributed by atoms with Crippen molar-refractivity contribution in [2.75, 3.05) is 20.3 Å². The first-order valence-corrected chi connectivity index (χ1v) is 6.13. The van der Waals surface area contributed by atoms with E-state index in [2.05, 4.69) is 0 Å². The Hall–Kier alpha value is -0.770. The van der Waals surface area contributed by atoms with Gasteiger partial charge in [-0.3, -0.25) is 0 Å². The highest BCUT2D eigenvalue weighted by Gasteiger charge is 2.31. The molecule has 1 aliphatic heterocycles. The molecule has 2 rings (SSSR count). The van der Waals surface area contributed by atoms with Crippen molar-refractivity contribution in [2.24, 2.45) is 0 Å². The van der Waals surface area contributed by atoms with Gasteiger partial charge in [0.15, 0.2) is 0 Å². The summed E-state index contributed by atoms with van der Waals surface area (Å²) in [7, 11) is 1.62. The van der Waals surface area contributed by atoms with Crippen molar-refractivity contribution in [1.29, 1.82) is 0 Å². The zero-order valence-corrected chi connectivity index (χ0v) is 10.7. The molecule has 4 heteroatoms. The molecule has 1 aliphatic rings. The van der Waals surface area contributed by atoms with Crippen LogP contribution in [0.15, 0.2) is 18.2 Å². The highest BCUT2D eigenvalue weighted by Crippen LogP contribution is 2.30. The summed E-state index contributed by atoms with van der Waals surface area (Å²) in [6.07, 6.45) is 2.15. The Labute approximate surface area is 106 Å². The lowest BCUT2D eigenvalue weighted by atomic mass is 9.89. The number of halogens is 1. The van der Waals surface area contributed by atoms with Gasteiger partial charge in [0.1, 0.15) is 5.75 Å². The Bertz CT molecular complexity index is 386. The summed E-state index contributed by atoms with van der Waals surface area (Å²) in [5.41, 5.74) is 0.129. The third-order valence-electron chi connectivity index (χ3n) is 3.06. The van der Waals surface area contributed by atoms with Gasteiger partial charge in [-0.05, 0) is 36.6 Å². The monoisotopic (exact) mass is 256 g/mol. The average Bonchev–Trinajstić information content (AvgIpc) is 2.29. The third-order valence-corrected chi connectivity index (χ3v) is 3.30. The maximum absolute atomic E-state index is 10.4. The second kappa shape index (κ2) is 5.25. The summed E-state index contributed by atoms with van der Waals surface area (Å²) in [6, 6.07) is 5.45. The van der Waals surface area contributed by atoms with E-state index in [-0.39, 0.29) is 0 Å². The van der Waals surface area contributed by atoms with Crippen LogP contribution in [0, 0.1) is 0 Å². The molecule has 0 bridgehead atoms. The van der Waals surface area contributed by atoms with Gasteiger partial charge < -0.3 is 14.6 Å². The summed E-state index contributed by atoms with van der Waals surface area (Å²) in [5, 5.41) is 11.1. The van der Waals surface area contributed by atoms with Gasteiger partial charge in [0, 0.05) is 18.1 Å². The number of aliphatic hydroxyl groups is 1. The third kappa shape index (κ3) is 3.12. The molecule has 0 saturated carbocycles. The lowest BCUT2D eigenvalue weighted by molar-refractivity contribution is -0.0846. The Morgan fingerprint density at radius 3 is 3.00 bits per heavy atom. The summed E-state index contributed by atoms with van der Waals surface area (Å²) in [6.45, 7) is 1.11. The number of methoxy groups -OCH3 is 1. The molecule has 1 heterocycles. The average molecular weight is 257 g/mol. The van der Waals surface area contributed by atoms with Crippen molar-refractivity contribution in [2.45, 2.75) is 24.9 Å². The van der Waals surface area contributed by atoms with E-state index in [1.165, 1.54) is 0 Å². The fourth-order valence-corrected chi connectivity index (χ4v) is 2.41. The minimum Gasteiger partial charge on any atom is -0.496 e. The van der Waals surface area contributed by atoms with Crippen LogP contribution in [0.25, 0.3) is 0 Å². The zero-order chi connectivity index (χ0) is 12.3. The van der Waals surface area contributed by atoms with Crippen LogP contribution in [0.2, 0.25) is 5.02 Å². The minimum absolute atomic E-state index is 0.378. The van der Waals surface area contributed by atoms with E-state index in [0.717, 1.165) is 30.8 Å². The van der Waals surface area contributed by atoms with Crippen molar-refractivity contribution >= 4 is 11.6 Å². The van der Waals surface area contributed by atoms with E-state index in [4.69, 9.17) is 21.1 Å². The van der Waals surface area contributed by atoms with Crippen LogP contribution in [0.4, 0.5) is 0 Å². The van der Waals surface area contributed by atoms with Gasteiger partial charge in [0.2, 0.25) is 0 Å². The molecular formula is C13H17ClO3. The molecule has 0 aromatic heterocycles. The molecule has 1 N–H and O–H groups in total. The molecule has 0 amide bonds. The summed E-state index contributed by atoms with van der Waals surface area (Å²) < 4.78 is 10.6. The normalized spacial score (nSPS) is 24.6. The van der Waals surface area contributed by atoms with Gasteiger partial charge in [-0.2, -0.15) is 0 Å². The second-order valence-electron chi connectivity index (χ2n) is 4.51. The minimum atomic E-state index is -0.795. The van der Waals surface area contributed by atoms with Crippen LogP contribution in [-0.2, 0) is 11.2 Å². The van der Waals surface area contributed by atoms with Gasteiger partial charge in [-0.15, -0.1) is 0 Å². The zero-order valence-electron chi connectivity index (χ0n) is 9.91. The number of ether oxygens (including phenoxy) is 2. The molecule has 1 saturated heterocycles. The molecule has 0 spiro atoms. The van der Waals surface area contributed by atoms with Crippen LogP contribution in [0.1, 0.15) is 18.4 Å². The van der Waals surface area contributed by atoms with Gasteiger partial charge in [-0.1, -0.05) is 11.6 Å². The Morgan fingerprint density at radius 1 is 1.53 bits per heavy atom. The van der Waals surface area contributed by atoms with Gasteiger partial charge in [0.25, 0.3) is 0 Å². The predicted molar refractivity (Wildman–Crippen MR) is 66.7 cm³/mol. The number of rotatable bonds is 3. The topological polar surface area (TPSA) is 38.7 Å². The highest BCUT2D eigenvalue weighted by atomic mass is 35.5. The first-order chi connectivity index (χ1) is 8.13. The fourth-order valence-electron chi connectivity index (χ4n) is 2.22. The molecule has 0 radical (unpaired) electrons. The van der Waals surface area contributed by atoms with E-state index in [1.807, 2.05) is 12.1 Å². The SMILES string of the molecule is COc1ccc(Cl)cc1CC1(O)CCCOC1. The number of hydrogen-bond donors (Lipinski definition) is 1. The molecule has 1 unspecified atom stereocenters. The van der Waals surface area contributed by atoms with Crippen molar-refractivity contribution in [1.82, 2.24) is 0 Å². The predicted octanol–water partition coefficient (Wildman–Crippen LogP) is 2.43. The molecule has 94 valence electrons. The Kier molecular flexibility index (Phi) is 3.92. The van der Waals surface area contributed by atoms with Gasteiger partial charge in [0.05, 0.1) is 19.3 Å². The largest absolute Gasteiger partial charge is 0.496 e. The van der Waals surface area contributed by atoms with Crippen molar-refractivity contribution in [3.8, 4) is 5.75 Å². The smallest absolute Gasteiger partial charge is 0.122 e. The summed E-state index contributed by atoms with van der Waals surface area (Å²) in [4.78, 5) is 0. The summed E-state index contributed by atoms with van der Waals surface area (Å²) in [5.74, 6) is 0.758. The lowest BCUT2D eigenvalue weighted by Crippen LogP contribution is -2.40. The molecule has 1 aromatic carbocycles. The van der Waals surface area contributed by atoms with Gasteiger partial charge >= 0.3 is 0 Å². The van der Waals surface area contributed by atoms with E-state index in [9.17, 15) is 5.11 Å². The number of hydrogen-bond acceptors (Lipinski definition) is 3. The Morgan fingerprint density at radius 2 is 2.35 bits per heavy atom. The molecule has 0 aliphatic carbocycles. The first-order valence-electron chi connectivity index (χ1n) is 5.75. The molecule has 1 atom stereocenters. The van der Waals surface area contributed by atoms with E-state index in [1.54, 1.807) is 13.2 Å². The fraction of sp³-hybridized carbons (Fsp3) is 0.538. The molecule has 1 aromatic rings. The highest BCUT2D eigenvalue weighted by molar-refractivity contribution is 6.30. The second-order valence-corrected chi connectivity index (χ2v) is 4.95. The van der Waals surface area contributed by atoms with E-state index in [0.29, 0.717) is 18.1 Å². The maximum Gasteiger partial charge on any atom is 0.122 e. The van der Waals surface area contributed by atoms with Crippen LogP contribution < -0.4 is 4.74 Å². The van der Waals surface area contributed by atoms with Crippen LogP contribution in [-0.4, -0.2) is 31.0 Å². The lowest BCUT2D eigenvalue weighted by Gasteiger charge is -2.32. The van der Waals surface area contributed by atoms with Crippen molar-refractivity contribution < 1.29 is 14.6 Å². The van der Waals surface area contributed by atoms with Crippen LogP contribution in [0.3, 0.4) is 0 Å². The molecular weight excluding hydrogens is 240 g/mol. The quantitative estimate of drug-likeness (QED) is 0.903. The molecule has 17 heavy (non-hydrogen) atoms. The van der Waals surface area contributed by atoms with E-state index >= 15 is 0 Å².